The zero-order chi connectivity index (χ0) is 15.0. The van der Waals surface area contributed by atoms with Gasteiger partial charge in [-0.25, -0.2) is 13.1 Å². The van der Waals surface area contributed by atoms with Gasteiger partial charge in [0.1, 0.15) is 0 Å². The second-order valence-electron chi connectivity index (χ2n) is 6.53. The van der Waals surface area contributed by atoms with Gasteiger partial charge >= 0.3 is 0 Å². The highest BCUT2D eigenvalue weighted by molar-refractivity contribution is 7.89. The minimum atomic E-state index is -3.35. The van der Waals surface area contributed by atoms with Gasteiger partial charge in [0.2, 0.25) is 10.0 Å². The summed E-state index contributed by atoms with van der Waals surface area (Å²) in [4.78, 5) is 0.297. The molecule has 0 radical (unpaired) electrons. The van der Waals surface area contributed by atoms with Crippen LogP contribution >= 0.6 is 0 Å². The van der Waals surface area contributed by atoms with Gasteiger partial charge in [0.05, 0.1) is 4.90 Å². The van der Waals surface area contributed by atoms with Gasteiger partial charge in [-0.15, -0.1) is 0 Å². The van der Waals surface area contributed by atoms with Crippen LogP contribution in [-0.2, 0) is 10.0 Å². The molecule has 1 aromatic carbocycles. The molecule has 2 atom stereocenters. The third-order valence-corrected chi connectivity index (χ3v) is 5.55. The monoisotopic (exact) mass is 296 g/mol. The molecule has 2 rings (SSSR count). The maximum Gasteiger partial charge on any atom is 0.240 e. The van der Waals surface area contributed by atoms with E-state index >= 15 is 0 Å². The zero-order valence-corrected chi connectivity index (χ0v) is 13.4. The minimum absolute atomic E-state index is 0.297. The first-order valence-electron chi connectivity index (χ1n) is 7.04. The molecule has 0 heterocycles. The molecule has 20 heavy (non-hydrogen) atoms. The van der Waals surface area contributed by atoms with Gasteiger partial charge < -0.3 is 5.32 Å². The summed E-state index contributed by atoms with van der Waals surface area (Å²) >= 11 is 0. The lowest BCUT2D eigenvalue weighted by atomic mass is 9.91. The summed E-state index contributed by atoms with van der Waals surface area (Å²) in [5.74, 6) is 0.630. The predicted molar refractivity (Wildman–Crippen MR) is 82.3 cm³/mol. The molecule has 4 nitrogen and oxygen atoms in total. The van der Waals surface area contributed by atoms with Crippen molar-refractivity contribution in [2.45, 2.75) is 44.6 Å². The molecule has 112 valence electrons. The zero-order valence-electron chi connectivity index (χ0n) is 12.6. The van der Waals surface area contributed by atoms with Gasteiger partial charge in [0.25, 0.3) is 0 Å². The van der Waals surface area contributed by atoms with Gasteiger partial charge in [0, 0.05) is 11.7 Å². The molecular formula is C15H24N2O2S. The van der Waals surface area contributed by atoms with Crippen molar-refractivity contribution in [1.29, 1.82) is 0 Å². The van der Waals surface area contributed by atoms with Crippen molar-refractivity contribution in [2.75, 3.05) is 12.4 Å². The molecular weight excluding hydrogens is 272 g/mol. The van der Waals surface area contributed by atoms with Gasteiger partial charge in [-0.3, -0.25) is 0 Å². The first-order chi connectivity index (χ1) is 9.23. The van der Waals surface area contributed by atoms with Crippen LogP contribution in [0.5, 0.6) is 0 Å². The van der Waals surface area contributed by atoms with E-state index in [2.05, 4.69) is 30.8 Å². The van der Waals surface area contributed by atoms with E-state index in [1.807, 2.05) is 12.1 Å². The van der Waals surface area contributed by atoms with Crippen molar-refractivity contribution in [3.8, 4) is 0 Å². The number of anilines is 1. The predicted octanol–water partition coefficient (Wildman–Crippen LogP) is 2.83. The Balaban J connectivity index is 2.09. The Kier molecular flexibility index (Phi) is 4.12. The van der Waals surface area contributed by atoms with E-state index in [9.17, 15) is 8.42 Å². The molecule has 0 aromatic heterocycles. The Morgan fingerprint density at radius 1 is 1.15 bits per heavy atom. The molecule has 1 saturated carbocycles. The lowest BCUT2D eigenvalue weighted by molar-refractivity contribution is 0.366. The molecule has 0 aliphatic heterocycles. The van der Waals surface area contributed by atoms with E-state index in [0.29, 0.717) is 22.3 Å². The van der Waals surface area contributed by atoms with Crippen molar-refractivity contribution in [3.63, 3.8) is 0 Å². The van der Waals surface area contributed by atoms with Crippen LogP contribution in [0.3, 0.4) is 0 Å². The fourth-order valence-electron chi connectivity index (χ4n) is 3.15. The lowest BCUT2D eigenvalue weighted by Crippen LogP contribution is -2.22. The standard InChI is InChI=1S/C15H24N2O2S/c1-11-9-15(2,3)10-14(11)17-12-5-7-13(8-6-12)20(18,19)16-4/h5-8,11,14,16-17H,9-10H2,1-4H3. The Hall–Kier alpha value is -1.07. The SMILES string of the molecule is CNS(=O)(=O)c1ccc(NC2CC(C)(C)CC2C)cc1. The first kappa shape index (κ1) is 15.3. The van der Waals surface area contributed by atoms with Crippen molar-refractivity contribution in [2.24, 2.45) is 11.3 Å². The van der Waals surface area contributed by atoms with Crippen molar-refractivity contribution >= 4 is 15.7 Å². The maximum absolute atomic E-state index is 11.7. The highest BCUT2D eigenvalue weighted by Gasteiger charge is 2.36. The quantitative estimate of drug-likeness (QED) is 0.898. The number of hydrogen-bond donors (Lipinski definition) is 2. The molecule has 0 bridgehead atoms. The van der Waals surface area contributed by atoms with E-state index < -0.39 is 10.0 Å². The number of benzene rings is 1. The second kappa shape index (κ2) is 5.37. The van der Waals surface area contributed by atoms with Crippen LogP contribution in [0, 0.1) is 11.3 Å². The fraction of sp³-hybridized carbons (Fsp3) is 0.600. The van der Waals surface area contributed by atoms with Gasteiger partial charge in [-0.1, -0.05) is 20.8 Å². The third kappa shape index (κ3) is 3.33. The molecule has 0 spiro atoms. The average Bonchev–Trinajstić information content (AvgIpc) is 2.63. The average molecular weight is 296 g/mol. The minimum Gasteiger partial charge on any atom is -0.382 e. The third-order valence-electron chi connectivity index (χ3n) is 4.12. The Morgan fingerprint density at radius 2 is 1.75 bits per heavy atom. The molecule has 2 N–H and O–H groups in total. The summed E-state index contributed by atoms with van der Waals surface area (Å²) in [6.45, 7) is 6.87. The Morgan fingerprint density at radius 3 is 2.20 bits per heavy atom. The summed E-state index contributed by atoms with van der Waals surface area (Å²) in [6, 6.07) is 7.40. The van der Waals surface area contributed by atoms with E-state index in [4.69, 9.17) is 0 Å². The van der Waals surface area contributed by atoms with Gasteiger partial charge in [0.15, 0.2) is 0 Å². The van der Waals surface area contributed by atoms with E-state index in [1.54, 1.807) is 12.1 Å². The van der Waals surface area contributed by atoms with Gasteiger partial charge in [-0.2, -0.15) is 0 Å². The number of sulfonamides is 1. The molecule has 5 heteroatoms. The topological polar surface area (TPSA) is 58.2 Å². The maximum atomic E-state index is 11.7. The first-order valence-corrected chi connectivity index (χ1v) is 8.52. The smallest absolute Gasteiger partial charge is 0.240 e. The van der Waals surface area contributed by atoms with Crippen molar-refractivity contribution in [3.05, 3.63) is 24.3 Å². The summed E-state index contributed by atoms with van der Waals surface area (Å²) in [5.41, 5.74) is 1.36. The van der Waals surface area contributed by atoms with Crippen LogP contribution in [0.2, 0.25) is 0 Å². The molecule has 1 fully saturated rings. The molecule has 1 aliphatic carbocycles. The number of rotatable bonds is 4. The molecule has 1 aliphatic rings. The molecule has 0 saturated heterocycles. The Bertz CT molecular complexity index is 564. The van der Waals surface area contributed by atoms with Crippen molar-refractivity contribution < 1.29 is 8.42 Å². The largest absolute Gasteiger partial charge is 0.382 e. The number of hydrogen-bond acceptors (Lipinski definition) is 3. The lowest BCUT2D eigenvalue weighted by Gasteiger charge is -2.20. The van der Waals surface area contributed by atoms with Crippen LogP contribution in [0.15, 0.2) is 29.2 Å². The molecule has 1 aromatic rings. The summed E-state index contributed by atoms with van der Waals surface area (Å²) in [6.07, 6.45) is 2.36. The molecule has 0 amide bonds. The van der Waals surface area contributed by atoms with E-state index in [-0.39, 0.29) is 0 Å². The number of nitrogens with one attached hydrogen (secondary N) is 2. The Labute approximate surface area is 122 Å². The van der Waals surface area contributed by atoms with Crippen LogP contribution in [0.4, 0.5) is 5.69 Å². The fourth-order valence-corrected chi connectivity index (χ4v) is 3.88. The van der Waals surface area contributed by atoms with E-state index in [1.165, 1.54) is 13.5 Å². The molecule has 2 unspecified atom stereocenters. The normalized spacial score (nSPS) is 25.6. The van der Waals surface area contributed by atoms with Crippen LogP contribution in [0.25, 0.3) is 0 Å². The highest BCUT2D eigenvalue weighted by Crippen LogP contribution is 2.42. The summed E-state index contributed by atoms with van der Waals surface area (Å²) < 4.78 is 25.6. The van der Waals surface area contributed by atoms with Crippen LogP contribution < -0.4 is 10.0 Å². The van der Waals surface area contributed by atoms with Gasteiger partial charge in [-0.05, 0) is 55.5 Å². The van der Waals surface area contributed by atoms with E-state index in [0.717, 1.165) is 12.1 Å². The second-order valence-corrected chi connectivity index (χ2v) is 8.42. The summed E-state index contributed by atoms with van der Waals surface area (Å²) in [5, 5.41) is 3.53. The van der Waals surface area contributed by atoms with Crippen molar-refractivity contribution in [1.82, 2.24) is 4.72 Å². The van der Waals surface area contributed by atoms with Crippen LogP contribution in [-0.4, -0.2) is 21.5 Å². The van der Waals surface area contributed by atoms with Crippen LogP contribution in [0.1, 0.15) is 33.6 Å². The highest BCUT2D eigenvalue weighted by atomic mass is 32.2. The summed E-state index contributed by atoms with van der Waals surface area (Å²) in [7, 11) is -1.93.